The highest BCUT2D eigenvalue weighted by Gasteiger charge is 2.16. The lowest BCUT2D eigenvalue weighted by atomic mass is 10.1. The van der Waals surface area contributed by atoms with E-state index in [9.17, 15) is 9.59 Å². The molecule has 0 spiro atoms. The van der Waals surface area contributed by atoms with Gasteiger partial charge < -0.3 is 15.0 Å². The summed E-state index contributed by atoms with van der Waals surface area (Å²) in [7, 11) is 0. The number of aromatic nitrogens is 1. The molecule has 0 fully saturated rings. The Kier molecular flexibility index (Phi) is 8.66. The van der Waals surface area contributed by atoms with E-state index < -0.39 is 5.97 Å². The molecule has 0 unspecified atom stereocenters. The first-order valence-corrected chi connectivity index (χ1v) is 12.4. The fraction of sp³-hybridized carbons (Fsp3) is 0.194. The van der Waals surface area contributed by atoms with Crippen LogP contribution < -0.4 is 15.0 Å². The number of esters is 1. The van der Waals surface area contributed by atoms with Crippen molar-refractivity contribution in [3.63, 3.8) is 0 Å². The number of ether oxygens (including phenoxy) is 1. The number of nitrogens with zero attached hydrogens (tertiary/aromatic N) is 2. The molecule has 3 aromatic carbocycles. The molecule has 4 rings (SSSR count). The molecule has 1 N–H and O–H groups in total. The monoisotopic (exact) mass is 493 g/mol. The second-order valence-electron chi connectivity index (χ2n) is 8.93. The largest absolute Gasteiger partial charge is 0.404 e. The summed E-state index contributed by atoms with van der Waals surface area (Å²) in [5.41, 5.74) is 4.14. The molecule has 6 nitrogen and oxygen atoms in total. The number of anilines is 2. The molecule has 0 aliphatic carbocycles. The van der Waals surface area contributed by atoms with Gasteiger partial charge in [-0.15, -0.1) is 0 Å². The number of carbonyl (C=O) groups is 2. The Labute approximate surface area is 217 Å². The average molecular weight is 494 g/mol. The number of aryl methyl sites for hydroxylation is 1. The van der Waals surface area contributed by atoms with Crippen LogP contribution in [0.5, 0.6) is 5.88 Å². The van der Waals surface area contributed by atoms with Crippen LogP contribution in [0.3, 0.4) is 0 Å². The first-order valence-electron chi connectivity index (χ1n) is 12.4. The Balaban J connectivity index is 1.61. The van der Waals surface area contributed by atoms with Gasteiger partial charge in [-0.25, -0.2) is 4.79 Å². The van der Waals surface area contributed by atoms with Crippen LogP contribution in [-0.4, -0.2) is 23.4 Å². The smallest absolute Gasteiger partial charge is 0.344 e. The maximum absolute atomic E-state index is 12.9. The van der Waals surface area contributed by atoms with Crippen LogP contribution in [-0.2, 0) is 17.8 Å². The molecule has 0 saturated heterocycles. The summed E-state index contributed by atoms with van der Waals surface area (Å²) in [6.07, 6.45) is 1.14. The Bertz CT molecular complexity index is 1320. The van der Waals surface area contributed by atoms with E-state index in [1.165, 1.54) is 0 Å². The Morgan fingerprint density at radius 3 is 2.22 bits per heavy atom. The zero-order valence-electron chi connectivity index (χ0n) is 21.2. The minimum atomic E-state index is -0.507. The molecule has 0 saturated carbocycles. The van der Waals surface area contributed by atoms with E-state index in [-0.39, 0.29) is 18.2 Å². The molecule has 188 valence electrons. The molecule has 1 amide bonds. The summed E-state index contributed by atoms with van der Waals surface area (Å²) >= 11 is 0. The zero-order chi connectivity index (χ0) is 26.0. The Hall–Kier alpha value is -4.45. The van der Waals surface area contributed by atoms with E-state index in [2.05, 4.69) is 34.3 Å². The lowest BCUT2D eigenvalue weighted by Crippen LogP contribution is -2.25. The van der Waals surface area contributed by atoms with Crippen molar-refractivity contribution in [2.75, 3.05) is 16.8 Å². The lowest BCUT2D eigenvalue weighted by Gasteiger charge is -2.24. The second-order valence-corrected chi connectivity index (χ2v) is 8.93. The molecule has 1 aromatic heterocycles. The van der Waals surface area contributed by atoms with Crippen LogP contribution in [0.25, 0.3) is 0 Å². The molecule has 0 aliphatic heterocycles. The van der Waals surface area contributed by atoms with E-state index in [0.717, 1.165) is 29.7 Å². The fourth-order valence-corrected chi connectivity index (χ4v) is 3.95. The van der Waals surface area contributed by atoms with Crippen LogP contribution in [0.1, 0.15) is 40.4 Å². The number of rotatable bonds is 10. The summed E-state index contributed by atoms with van der Waals surface area (Å²) in [5, 5.41) is 2.96. The van der Waals surface area contributed by atoms with Gasteiger partial charge in [0.25, 0.3) is 0 Å². The van der Waals surface area contributed by atoms with Crippen molar-refractivity contribution < 1.29 is 14.3 Å². The van der Waals surface area contributed by atoms with E-state index in [1.807, 2.05) is 61.5 Å². The first kappa shape index (κ1) is 25.6. The van der Waals surface area contributed by atoms with Gasteiger partial charge in [0.15, 0.2) is 0 Å². The number of benzene rings is 3. The van der Waals surface area contributed by atoms with Crippen LogP contribution >= 0.6 is 0 Å². The maximum Gasteiger partial charge on any atom is 0.344 e. The molecule has 4 aromatic rings. The van der Waals surface area contributed by atoms with Crippen LogP contribution in [0.2, 0.25) is 0 Å². The predicted molar refractivity (Wildman–Crippen MR) is 147 cm³/mol. The highest BCUT2D eigenvalue weighted by Crippen LogP contribution is 2.26. The standard InChI is InChI=1S/C31H31N3O3/c1-3-18-34(22-25-10-6-4-7-11-25)28-20-27(32-29(35)19-24-16-14-23(2)15-17-24)21-30(33-28)37-31(36)26-12-8-5-9-13-26/h4-17,20-21H,3,18-19,22H2,1-2H3,(H,32,33,35). The van der Waals surface area contributed by atoms with Gasteiger partial charge in [0.1, 0.15) is 5.82 Å². The van der Waals surface area contributed by atoms with Gasteiger partial charge in [0, 0.05) is 30.9 Å². The topological polar surface area (TPSA) is 71.5 Å². The SMILES string of the molecule is CCCN(Cc1ccccc1)c1cc(NC(=O)Cc2ccc(C)cc2)cc(OC(=O)c2ccccc2)n1. The van der Waals surface area contributed by atoms with Crippen molar-refractivity contribution in [2.45, 2.75) is 33.2 Å². The number of hydrogen-bond acceptors (Lipinski definition) is 5. The van der Waals surface area contributed by atoms with Crippen molar-refractivity contribution in [3.05, 3.63) is 119 Å². The quantitative estimate of drug-likeness (QED) is 0.266. The van der Waals surface area contributed by atoms with E-state index >= 15 is 0 Å². The predicted octanol–water partition coefficient (Wildman–Crippen LogP) is 6.21. The van der Waals surface area contributed by atoms with E-state index in [1.54, 1.807) is 30.3 Å². The normalized spacial score (nSPS) is 10.5. The Morgan fingerprint density at radius 2 is 1.54 bits per heavy atom. The molecular formula is C31H31N3O3. The molecular weight excluding hydrogens is 462 g/mol. The first-order chi connectivity index (χ1) is 18.0. The van der Waals surface area contributed by atoms with Gasteiger partial charge in [-0.2, -0.15) is 4.98 Å². The number of nitrogens with one attached hydrogen (secondary N) is 1. The van der Waals surface area contributed by atoms with Crippen LogP contribution in [0.4, 0.5) is 11.5 Å². The number of amides is 1. The molecule has 37 heavy (non-hydrogen) atoms. The number of hydrogen-bond donors (Lipinski definition) is 1. The van der Waals surface area contributed by atoms with Gasteiger partial charge in [0.05, 0.1) is 12.0 Å². The van der Waals surface area contributed by atoms with Crippen molar-refractivity contribution >= 4 is 23.4 Å². The van der Waals surface area contributed by atoms with Crippen LogP contribution in [0, 0.1) is 6.92 Å². The van der Waals surface area contributed by atoms with Crippen molar-refractivity contribution in [1.29, 1.82) is 0 Å². The lowest BCUT2D eigenvalue weighted by molar-refractivity contribution is -0.115. The third kappa shape index (κ3) is 7.51. The van der Waals surface area contributed by atoms with Gasteiger partial charge >= 0.3 is 5.97 Å². The van der Waals surface area contributed by atoms with Gasteiger partial charge in [-0.05, 0) is 36.6 Å². The summed E-state index contributed by atoms with van der Waals surface area (Å²) in [6.45, 7) is 5.49. The summed E-state index contributed by atoms with van der Waals surface area (Å²) < 4.78 is 5.65. The highest BCUT2D eigenvalue weighted by atomic mass is 16.5. The minimum Gasteiger partial charge on any atom is -0.404 e. The highest BCUT2D eigenvalue weighted by molar-refractivity contribution is 5.93. The summed E-state index contributed by atoms with van der Waals surface area (Å²) in [5.74, 6) is 0.0829. The van der Waals surface area contributed by atoms with E-state index in [4.69, 9.17) is 4.74 Å². The van der Waals surface area contributed by atoms with Gasteiger partial charge in [0.2, 0.25) is 11.8 Å². The van der Waals surface area contributed by atoms with Crippen molar-refractivity contribution in [3.8, 4) is 5.88 Å². The number of carbonyl (C=O) groups excluding carboxylic acids is 2. The molecule has 0 atom stereocenters. The van der Waals surface area contributed by atoms with E-state index in [0.29, 0.717) is 23.6 Å². The minimum absolute atomic E-state index is 0.131. The third-order valence-electron chi connectivity index (χ3n) is 5.80. The number of pyridine rings is 1. The maximum atomic E-state index is 12.9. The molecule has 0 radical (unpaired) electrons. The Morgan fingerprint density at radius 1 is 0.865 bits per heavy atom. The van der Waals surface area contributed by atoms with Crippen molar-refractivity contribution in [2.24, 2.45) is 0 Å². The zero-order valence-corrected chi connectivity index (χ0v) is 21.2. The third-order valence-corrected chi connectivity index (χ3v) is 5.80. The average Bonchev–Trinajstić information content (AvgIpc) is 2.90. The molecule has 0 aliphatic rings. The molecule has 6 heteroatoms. The summed E-state index contributed by atoms with van der Waals surface area (Å²) in [4.78, 5) is 32.4. The fourth-order valence-electron chi connectivity index (χ4n) is 3.95. The van der Waals surface area contributed by atoms with Gasteiger partial charge in [-0.3, -0.25) is 4.79 Å². The second kappa shape index (κ2) is 12.5. The summed E-state index contributed by atoms with van der Waals surface area (Å²) in [6, 6.07) is 30.2. The molecule has 1 heterocycles. The van der Waals surface area contributed by atoms with Crippen LogP contribution in [0.15, 0.2) is 97.1 Å². The molecule has 0 bridgehead atoms. The van der Waals surface area contributed by atoms with Gasteiger partial charge in [-0.1, -0.05) is 85.3 Å². The van der Waals surface area contributed by atoms with Crippen molar-refractivity contribution in [1.82, 2.24) is 4.98 Å².